The molecule has 3 rings (SSSR count). The summed E-state index contributed by atoms with van der Waals surface area (Å²) >= 11 is 0. The number of hydrogen-bond donors (Lipinski definition) is 0. The van der Waals surface area contributed by atoms with Gasteiger partial charge in [0.25, 0.3) is 11.4 Å². The average Bonchev–Trinajstić information content (AvgIpc) is 2.85. The Balaban J connectivity index is 2.51. The minimum Gasteiger partial charge on any atom is -0.289 e. The van der Waals surface area contributed by atoms with Crippen LogP contribution in [-0.2, 0) is 0 Å². The molecule has 1 aliphatic carbocycles. The molecule has 2 aromatic rings. The molecule has 114 valence electrons. The largest absolute Gasteiger partial charge is 0.289 e. The number of carbonyl (C=O) groups is 1. The number of rotatable bonds is 2. The summed E-state index contributed by atoms with van der Waals surface area (Å²) in [7, 11) is 0. The van der Waals surface area contributed by atoms with Crippen molar-refractivity contribution < 1.29 is 14.6 Å². The average molecular weight is 320 g/mol. The minimum atomic E-state index is -0.802. The Labute approximate surface area is 133 Å². The zero-order chi connectivity index (χ0) is 17.6. The Bertz CT molecular complexity index is 975. The molecule has 0 unspecified atom stereocenters. The maximum absolute atomic E-state index is 12.5. The zero-order valence-corrected chi connectivity index (χ0v) is 11.6. The highest BCUT2D eigenvalue weighted by atomic mass is 16.6. The van der Waals surface area contributed by atoms with Crippen LogP contribution in [0.2, 0.25) is 0 Å². The second kappa shape index (κ2) is 4.97. The molecular weight excluding hydrogens is 316 g/mol. The van der Waals surface area contributed by atoms with Gasteiger partial charge >= 0.3 is 0 Å². The summed E-state index contributed by atoms with van der Waals surface area (Å²) < 4.78 is 0. The van der Waals surface area contributed by atoms with Gasteiger partial charge < -0.3 is 0 Å². The van der Waals surface area contributed by atoms with Crippen LogP contribution in [-0.4, -0.2) is 15.6 Å². The Kier molecular flexibility index (Phi) is 3.07. The maximum Gasteiger partial charge on any atom is 0.279 e. The Hall–Kier alpha value is -4.11. The summed E-state index contributed by atoms with van der Waals surface area (Å²) in [6.45, 7) is 0. The number of ketones is 1. The van der Waals surface area contributed by atoms with Crippen molar-refractivity contribution in [2.24, 2.45) is 0 Å². The predicted molar refractivity (Wildman–Crippen MR) is 78.0 cm³/mol. The standard InChI is InChI=1S/C15H4N4O5/c16-5-7-1-9-13(11(3-7)18(21)22)14-10(15(9)20)2-8(6-17)4-12(14)19(23)24/h1-4H. The van der Waals surface area contributed by atoms with Gasteiger partial charge in [-0.3, -0.25) is 25.0 Å². The van der Waals surface area contributed by atoms with Gasteiger partial charge in [-0.1, -0.05) is 0 Å². The van der Waals surface area contributed by atoms with Gasteiger partial charge in [0.05, 0.1) is 44.2 Å². The van der Waals surface area contributed by atoms with E-state index in [1.807, 2.05) is 0 Å². The van der Waals surface area contributed by atoms with Crippen molar-refractivity contribution in [1.29, 1.82) is 10.5 Å². The molecule has 0 spiro atoms. The minimum absolute atomic E-state index is 0.107. The molecule has 0 aromatic heterocycles. The molecule has 9 nitrogen and oxygen atoms in total. The molecular formula is C15H4N4O5. The molecule has 0 radical (unpaired) electrons. The summed E-state index contributed by atoms with van der Waals surface area (Å²) in [5.41, 5.74) is -2.06. The highest BCUT2D eigenvalue weighted by Gasteiger charge is 2.39. The lowest BCUT2D eigenvalue weighted by Gasteiger charge is -2.04. The van der Waals surface area contributed by atoms with E-state index in [9.17, 15) is 25.0 Å². The summed E-state index contributed by atoms with van der Waals surface area (Å²) in [6, 6.07) is 7.66. The van der Waals surface area contributed by atoms with Crippen LogP contribution in [0.15, 0.2) is 24.3 Å². The molecule has 0 amide bonds. The number of fused-ring (bicyclic) bond motifs is 3. The first-order chi connectivity index (χ1) is 11.4. The normalized spacial score (nSPS) is 11.2. The van der Waals surface area contributed by atoms with Gasteiger partial charge in [0, 0.05) is 23.3 Å². The van der Waals surface area contributed by atoms with Gasteiger partial charge in [0.15, 0.2) is 5.78 Å². The number of carbonyl (C=O) groups excluding carboxylic acids is 1. The second-order valence-corrected chi connectivity index (χ2v) is 4.90. The van der Waals surface area contributed by atoms with E-state index in [0.29, 0.717) is 0 Å². The molecule has 0 N–H and O–H groups in total. The van der Waals surface area contributed by atoms with Crippen molar-refractivity contribution in [3.63, 3.8) is 0 Å². The van der Waals surface area contributed by atoms with E-state index in [1.54, 1.807) is 12.1 Å². The fourth-order valence-electron chi connectivity index (χ4n) is 2.70. The lowest BCUT2D eigenvalue weighted by Crippen LogP contribution is -1.98. The number of nitriles is 2. The van der Waals surface area contributed by atoms with Crippen molar-refractivity contribution in [3.05, 3.63) is 66.7 Å². The van der Waals surface area contributed by atoms with E-state index in [2.05, 4.69) is 0 Å². The van der Waals surface area contributed by atoms with Gasteiger partial charge in [-0.05, 0) is 12.1 Å². The summed E-state index contributed by atoms with van der Waals surface area (Å²) in [6.07, 6.45) is 0. The van der Waals surface area contributed by atoms with Crippen molar-refractivity contribution in [1.82, 2.24) is 0 Å². The zero-order valence-electron chi connectivity index (χ0n) is 11.6. The van der Waals surface area contributed by atoms with Crippen LogP contribution in [0, 0.1) is 42.9 Å². The highest BCUT2D eigenvalue weighted by molar-refractivity contribution is 6.24. The SMILES string of the molecule is N#Cc1cc2c(c([N+](=O)[O-])c1)-c1c(cc(C#N)cc1[N+](=O)[O-])C2=O. The van der Waals surface area contributed by atoms with Crippen LogP contribution in [0.5, 0.6) is 0 Å². The fraction of sp³-hybridized carbons (Fsp3) is 0. The van der Waals surface area contributed by atoms with Crippen LogP contribution in [0.1, 0.15) is 27.0 Å². The molecule has 0 saturated heterocycles. The first-order valence-corrected chi connectivity index (χ1v) is 6.39. The van der Waals surface area contributed by atoms with E-state index in [-0.39, 0.29) is 33.4 Å². The number of nitrogens with zero attached hydrogens (tertiary/aromatic N) is 4. The van der Waals surface area contributed by atoms with Crippen LogP contribution >= 0.6 is 0 Å². The summed E-state index contributed by atoms with van der Waals surface area (Å²) in [5, 5.41) is 40.6. The molecule has 1 aliphatic rings. The molecule has 0 aliphatic heterocycles. The van der Waals surface area contributed by atoms with Crippen LogP contribution < -0.4 is 0 Å². The van der Waals surface area contributed by atoms with Gasteiger partial charge in [-0.15, -0.1) is 0 Å². The Morgan fingerprint density at radius 3 is 1.46 bits per heavy atom. The predicted octanol–water partition coefficient (Wildman–Crippen LogP) is 2.46. The Morgan fingerprint density at radius 2 is 1.17 bits per heavy atom. The van der Waals surface area contributed by atoms with Crippen molar-refractivity contribution in [2.45, 2.75) is 0 Å². The molecule has 0 saturated carbocycles. The second-order valence-electron chi connectivity index (χ2n) is 4.90. The fourth-order valence-corrected chi connectivity index (χ4v) is 2.70. The van der Waals surface area contributed by atoms with Crippen molar-refractivity contribution in [2.75, 3.05) is 0 Å². The third kappa shape index (κ3) is 1.90. The number of nitro groups is 2. The molecule has 2 aromatic carbocycles. The molecule has 0 heterocycles. The molecule has 0 atom stereocenters. The van der Waals surface area contributed by atoms with E-state index < -0.39 is 27.0 Å². The topological polar surface area (TPSA) is 151 Å². The quantitative estimate of drug-likeness (QED) is 0.519. The lowest BCUT2D eigenvalue weighted by molar-refractivity contribution is -0.386. The van der Waals surface area contributed by atoms with Gasteiger partial charge in [0.1, 0.15) is 0 Å². The number of benzene rings is 2. The van der Waals surface area contributed by atoms with Gasteiger partial charge in [-0.2, -0.15) is 10.5 Å². The monoisotopic (exact) mass is 320 g/mol. The van der Waals surface area contributed by atoms with E-state index >= 15 is 0 Å². The lowest BCUT2D eigenvalue weighted by atomic mass is 9.99. The number of nitro benzene ring substituents is 2. The first-order valence-electron chi connectivity index (χ1n) is 6.39. The smallest absolute Gasteiger partial charge is 0.279 e. The highest BCUT2D eigenvalue weighted by Crippen LogP contribution is 2.47. The maximum atomic E-state index is 12.5. The molecule has 0 fully saturated rings. The molecule has 9 heteroatoms. The first kappa shape index (κ1) is 14.8. The van der Waals surface area contributed by atoms with Gasteiger partial charge in [0.2, 0.25) is 0 Å². The Morgan fingerprint density at radius 1 is 0.792 bits per heavy atom. The van der Waals surface area contributed by atoms with E-state index in [0.717, 1.165) is 24.3 Å². The summed E-state index contributed by atoms with van der Waals surface area (Å²) in [4.78, 5) is 33.5. The summed E-state index contributed by atoms with van der Waals surface area (Å²) in [5.74, 6) is -0.694. The van der Waals surface area contributed by atoms with E-state index in [4.69, 9.17) is 10.5 Å². The van der Waals surface area contributed by atoms with Crippen molar-refractivity contribution in [3.8, 4) is 23.3 Å². The van der Waals surface area contributed by atoms with Crippen LogP contribution in [0.4, 0.5) is 11.4 Å². The van der Waals surface area contributed by atoms with Gasteiger partial charge in [-0.25, -0.2) is 0 Å². The molecule has 24 heavy (non-hydrogen) atoms. The molecule has 0 bridgehead atoms. The van der Waals surface area contributed by atoms with E-state index in [1.165, 1.54) is 0 Å². The number of hydrogen-bond acceptors (Lipinski definition) is 7. The third-order valence-corrected chi connectivity index (χ3v) is 3.63. The van der Waals surface area contributed by atoms with Crippen LogP contribution in [0.3, 0.4) is 0 Å². The third-order valence-electron chi connectivity index (χ3n) is 3.63. The van der Waals surface area contributed by atoms with Crippen LogP contribution in [0.25, 0.3) is 11.1 Å². The van der Waals surface area contributed by atoms with Crippen molar-refractivity contribution >= 4 is 17.2 Å².